The quantitative estimate of drug-likeness (QED) is 0.460. The molecule has 2 aliphatic rings. The second-order valence-electron chi connectivity index (χ2n) is 9.53. The van der Waals surface area contributed by atoms with Crippen LogP contribution in [0.1, 0.15) is 40.5 Å². The van der Waals surface area contributed by atoms with Gasteiger partial charge in [0, 0.05) is 49.8 Å². The molecule has 0 spiro atoms. The number of benzene rings is 2. The van der Waals surface area contributed by atoms with Gasteiger partial charge in [-0.05, 0) is 53.5 Å². The fourth-order valence-corrected chi connectivity index (χ4v) is 6.26. The van der Waals surface area contributed by atoms with Crippen LogP contribution in [0.15, 0.2) is 51.4 Å². The molecule has 0 aliphatic carbocycles. The molecular weight excluding hydrogens is 553 g/mol. The van der Waals surface area contributed by atoms with Crippen LogP contribution in [0.25, 0.3) is 5.57 Å². The molecule has 0 radical (unpaired) electrons. The number of alkyl halides is 3. The summed E-state index contributed by atoms with van der Waals surface area (Å²) in [5, 5.41) is 20.5. The molecule has 0 unspecified atom stereocenters. The van der Waals surface area contributed by atoms with Crippen LogP contribution in [0.2, 0.25) is 5.02 Å². The van der Waals surface area contributed by atoms with E-state index in [0.717, 1.165) is 37.0 Å². The lowest BCUT2D eigenvalue weighted by molar-refractivity contribution is -0.138. The second-order valence-corrected chi connectivity index (χ2v) is 10.9. The molecule has 1 saturated heterocycles. The summed E-state index contributed by atoms with van der Waals surface area (Å²) in [5.41, 5.74) is 0.229. The number of methoxy groups -OCH3 is 1. The summed E-state index contributed by atoms with van der Waals surface area (Å²) in [7, 11) is 1.65. The molecule has 0 atom stereocenters. The van der Waals surface area contributed by atoms with E-state index in [2.05, 4.69) is 15.1 Å². The van der Waals surface area contributed by atoms with Gasteiger partial charge < -0.3 is 14.7 Å². The van der Waals surface area contributed by atoms with Gasteiger partial charge in [-0.2, -0.15) is 23.4 Å². The summed E-state index contributed by atoms with van der Waals surface area (Å²) in [5.74, 6) is -0.225. The Labute approximate surface area is 231 Å². The number of rotatable bonds is 7. The molecule has 0 saturated carbocycles. The molecule has 206 valence electrons. The fraction of sp³-hybridized carbons (Fsp3) is 0.370. The summed E-state index contributed by atoms with van der Waals surface area (Å²) in [4.78, 5) is 15.3. The highest BCUT2D eigenvalue weighted by Crippen LogP contribution is 2.38. The van der Waals surface area contributed by atoms with Crippen LogP contribution >= 0.6 is 22.9 Å². The molecule has 0 amide bonds. The van der Waals surface area contributed by atoms with Crippen molar-refractivity contribution in [2.45, 2.75) is 31.5 Å². The van der Waals surface area contributed by atoms with E-state index in [1.165, 1.54) is 16.7 Å². The number of nitrogens with zero attached hydrogens (tertiary/aromatic N) is 4. The minimum absolute atomic E-state index is 0.0148. The van der Waals surface area contributed by atoms with E-state index in [0.29, 0.717) is 41.2 Å². The zero-order chi connectivity index (χ0) is 27.7. The number of likely N-dealkylation sites (tertiary alicyclic amines) is 1. The predicted octanol–water partition coefficient (Wildman–Crippen LogP) is 3.98. The minimum Gasteiger partial charge on any atom is -0.493 e. The molecule has 3 aromatic rings. The van der Waals surface area contributed by atoms with Gasteiger partial charge in [0.2, 0.25) is 5.88 Å². The normalized spacial score (nSPS) is 16.8. The van der Waals surface area contributed by atoms with Crippen molar-refractivity contribution in [2.75, 3.05) is 33.4 Å². The Kier molecular flexibility index (Phi) is 7.95. The predicted molar refractivity (Wildman–Crippen MR) is 144 cm³/mol. The summed E-state index contributed by atoms with van der Waals surface area (Å²) in [6.45, 7) is 2.89. The highest BCUT2D eigenvalue weighted by molar-refractivity contribution is 7.10. The number of hydrogen-bond acceptors (Lipinski definition) is 7. The third-order valence-corrected chi connectivity index (χ3v) is 8.35. The molecule has 2 aliphatic heterocycles. The summed E-state index contributed by atoms with van der Waals surface area (Å²) < 4.78 is 48.4. The van der Waals surface area contributed by atoms with E-state index in [9.17, 15) is 23.1 Å². The molecule has 1 fully saturated rings. The van der Waals surface area contributed by atoms with Gasteiger partial charge in [0.15, 0.2) is 0 Å². The maximum Gasteiger partial charge on any atom is 0.416 e. The Morgan fingerprint density at radius 3 is 2.69 bits per heavy atom. The third-order valence-electron chi connectivity index (χ3n) is 7.11. The molecule has 39 heavy (non-hydrogen) atoms. The van der Waals surface area contributed by atoms with Crippen LogP contribution in [0, 0.1) is 0 Å². The Bertz CT molecular complexity index is 1590. The maximum absolute atomic E-state index is 14.0. The molecule has 1 aromatic heterocycles. The SMILES string of the molecule is COCCN1CCC(n2c(O)c(C(Cc3ccc(Cl)cc3C(F)(F)F)=c3ccc4c(c3)C=NN=4)sc2=O)CC1. The largest absolute Gasteiger partial charge is 0.493 e. The van der Waals surface area contributed by atoms with E-state index in [1.807, 2.05) is 0 Å². The van der Waals surface area contributed by atoms with Gasteiger partial charge in [-0.25, -0.2) is 0 Å². The van der Waals surface area contributed by atoms with Crippen LogP contribution in [0.4, 0.5) is 13.2 Å². The molecular formula is C27H26ClF3N4O3S. The Morgan fingerprint density at radius 2 is 1.97 bits per heavy atom. The monoisotopic (exact) mass is 578 g/mol. The first-order valence-corrected chi connectivity index (χ1v) is 13.6. The summed E-state index contributed by atoms with van der Waals surface area (Å²) >= 11 is 6.75. The first kappa shape index (κ1) is 27.6. The van der Waals surface area contributed by atoms with Crippen LogP contribution in [-0.4, -0.2) is 54.1 Å². The number of fused-ring (bicyclic) bond motifs is 1. The number of piperidine rings is 1. The first-order valence-electron chi connectivity index (χ1n) is 12.4. The molecule has 5 rings (SSSR count). The van der Waals surface area contributed by atoms with Crippen molar-refractivity contribution in [3.63, 3.8) is 0 Å². The van der Waals surface area contributed by atoms with Gasteiger partial charge in [0.25, 0.3) is 0 Å². The number of hydrogen-bond donors (Lipinski definition) is 1. The smallest absolute Gasteiger partial charge is 0.416 e. The van der Waals surface area contributed by atoms with Gasteiger partial charge in [0.05, 0.1) is 28.6 Å². The standard InChI is InChI=1S/C27H26ClF3N4O3S/c1-38-11-10-34-8-6-20(7-9-34)35-25(36)24(39-26(35)37)21(16-3-5-23-18(12-16)15-32-33-23)13-17-2-4-19(28)14-22(17)27(29,30)31/h2-5,12,14-15,20,36H,6-11,13H2,1H3. The van der Waals surface area contributed by atoms with Crippen LogP contribution < -0.4 is 15.4 Å². The number of thiazole rings is 1. The molecule has 3 heterocycles. The third kappa shape index (κ3) is 5.81. The minimum atomic E-state index is -4.63. The average Bonchev–Trinajstić information content (AvgIpc) is 3.49. The van der Waals surface area contributed by atoms with Gasteiger partial charge in [-0.15, -0.1) is 0 Å². The first-order chi connectivity index (χ1) is 18.7. The van der Waals surface area contributed by atoms with E-state index >= 15 is 0 Å². The zero-order valence-corrected chi connectivity index (χ0v) is 22.6. The van der Waals surface area contributed by atoms with E-state index in [4.69, 9.17) is 16.3 Å². The van der Waals surface area contributed by atoms with Crippen molar-refractivity contribution in [3.05, 3.63) is 83.2 Å². The fourth-order valence-electron chi connectivity index (χ4n) is 5.08. The molecule has 12 heteroatoms. The molecule has 2 aromatic carbocycles. The lowest BCUT2D eigenvalue weighted by Crippen LogP contribution is -2.38. The lowest BCUT2D eigenvalue weighted by atomic mass is 9.96. The topological polar surface area (TPSA) is 79.4 Å². The van der Waals surface area contributed by atoms with E-state index in [-0.39, 0.29) is 38.7 Å². The Hall–Kier alpha value is -2.99. The van der Waals surface area contributed by atoms with Crippen LogP contribution in [-0.2, 0) is 17.3 Å². The highest BCUT2D eigenvalue weighted by Gasteiger charge is 2.34. The van der Waals surface area contributed by atoms with Crippen molar-refractivity contribution in [3.8, 4) is 5.88 Å². The Morgan fingerprint density at radius 1 is 1.21 bits per heavy atom. The van der Waals surface area contributed by atoms with E-state index in [1.54, 1.807) is 31.5 Å². The maximum atomic E-state index is 14.0. The van der Waals surface area contributed by atoms with Gasteiger partial charge in [-0.3, -0.25) is 9.36 Å². The van der Waals surface area contributed by atoms with Crippen LogP contribution in [0.3, 0.4) is 0 Å². The number of aromatic nitrogens is 1. The zero-order valence-electron chi connectivity index (χ0n) is 21.0. The number of aromatic hydroxyl groups is 1. The van der Waals surface area contributed by atoms with Crippen molar-refractivity contribution < 1.29 is 23.0 Å². The van der Waals surface area contributed by atoms with Gasteiger partial charge >= 0.3 is 11.0 Å². The Balaban J connectivity index is 1.60. The van der Waals surface area contributed by atoms with Gasteiger partial charge in [-0.1, -0.05) is 35.1 Å². The highest BCUT2D eigenvalue weighted by atomic mass is 35.5. The molecule has 7 nitrogen and oxygen atoms in total. The van der Waals surface area contributed by atoms with Gasteiger partial charge in [0.1, 0.15) is 0 Å². The van der Waals surface area contributed by atoms with Crippen molar-refractivity contribution in [1.29, 1.82) is 0 Å². The summed E-state index contributed by atoms with van der Waals surface area (Å²) in [6, 6.07) is 8.62. The van der Waals surface area contributed by atoms with Crippen molar-refractivity contribution >= 4 is 34.7 Å². The molecule has 1 N–H and O–H groups in total. The van der Waals surface area contributed by atoms with E-state index < -0.39 is 11.7 Å². The number of ether oxygens (including phenoxy) is 1. The second kappa shape index (κ2) is 11.2. The van der Waals surface area contributed by atoms with Crippen molar-refractivity contribution in [2.24, 2.45) is 10.2 Å². The lowest BCUT2D eigenvalue weighted by Gasteiger charge is -2.32. The van der Waals surface area contributed by atoms with Crippen LogP contribution in [0.5, 0.6) is 5.88 Å². The number of halogens is 4. The summed E-state index contributed by atoms with van der Waals surface area (Å²) in [6.07, 6.45) is -1.93. The average molecular weight is 579 g/mol. The molecule has 0 bridgehead atoms. The van der Waals surface area contributed by atoms with Crippen molar-refractivity contribution in [1.82, 2.24) is 9.47 Å².